The Morgan fingerprint density at radius 2 is 1.90 bits per heavy atom. The number of nitrogens with two attached hydrogens (primary N) is 1. The van der Waals surface area contributed by atoms with Crippen LogP contribution < -0.4 is 11.1 Å². The molecule has 0 aliphatic heterocycles. The lowest BCUT2D eigenvalue weighted by atomic mass is 10.1. The molecule has 21 heavy (non-hydrogen) atoms. The molecule has 0 saturated carbocycles. The number of benzene rings is 1. The largest absolute Gasteiger partial charge is 0.383 e. The number of nitrogen functional groups attached to an aromatic ring is 1. The summed E-state index contributed by atoms with van der Waals surface area (Å²) >= 11 is 0. The van der Waals surface area contributed by atoms with E-state index in [0.29, 0.717) is 40.7 Å². The zero-order valence-electron chi connectivity index (χ0n) is 11.8. The van der Waals surface area contributed by atoms with Crippen LogP contribution in [0.2, 0.25) is 0 Å². The summed E-state index contributed by atoms with van der Waals surface area (Å²) in [4.78, 5) is 8.58. The third-order valence-corrected chi connectivity index (χ3v) is 3.07. The molecule has 3 N–H and O–H groups in total. The number of rotatable bonds is 3. The molecule has 0 radical (unpaired) electrons. The number of nitriles is 2. The number of nitrogens with zero attached hydrogens (tertiary/aromatic N) is 4. The van der Waals surface area contributed by atoms with Crippen LogP contribution in [0.15, 0.2) is 18.2 Å². The molecule has 0 unspecified atom stereocenters. The molecule has 0 bridgehead atoms. The number of nitrogens with one attached hydrogen (secondary N) is 1. The van der Waals surface area contributed by atoms with Gasteiger partial charge in [-0.2, -0.15) is 10.5 Å². The van der Waals surface area contributed by atoms with Gasteiger partial charge in [0.15, 0.2) is 0 Å². The molecule has 1 aromatic heterocycles. The van der Waals surface area contributed by atoms with Crippen LogP contribution in [0.5, 0.6) is 0 Å². The van der Waals surface area contributed by atoms with Crippen molar-refractivity contribution in [2.45, 2.75) is 20.3 Å². The number of aromatic nitrogens is 2. The van der Waals surface area contributed by atoms with E-state index in [-0.39, 0.29) is 0 Å². The van der Waals surface area contributed by atoms with Gasteiger partial charge in [-0.05, 0) is 25.1 Å². The summed E-state index contributed by atoms with van der Waals surface area (Å²) in [6, 6.07) is 8.92. The van der Waals surface area contributed by atoms with E-state index in [0.717, 1.165) is 5.56 Å². The predicted octanol–water partition coefficient (Wildman–Crippen LogP) is 2.42. The Morgan fingerprint density at radius 3 is 2.52 bits per heavy atom. The normalized spacial score (nSPS) is 9.71. The van der Waals surface area contributed by atoms with Gasteiger partial charge < -0.3 is 11.1 Å². The molecular formula is C15H14N6. The molecule has 2 aromatic rings. The lowest BCUT2D eigenvalue weighted by Gasteiger charge is -2.12. The Labute approximate surface area is 122 Å². The molecule has 0 spiro atoms. The smallest absolute Gasteiger partial charge is 0.139 e. The third-order valence-electron chi connectivity index (χ3n) is 3.07. The molecule has 0 aliphatic rings. The molecule has 1 heterocycles. The molecular weight excluding hydrogens is 264 g/mol. The molecule has 0 atom stereocenters. The first-order valence-corrected chi connectivity index (χ1v) is 6.43. The van der Waals surface area contributed by atoms with Crippen LogP contribution >= 0.6 is 0 Å². The van der Waals surface area contributed by atoms with Crippen molar-refractivity contribution in [2.24, 2.45) is 0 Å². The first-order valence-electron chi connectivity index (χ1n) is 6.43. The molecule has 0 saturated heterocycles. The van der Waals surface area contributed by atoms with Gasteiger partial charge >= 0.3 is 0 Å². The van der Waals surface area contributed by atoms with Gasteiger partial charge in [0.05, 0.1) is 11.1 Å². The highest BCUT2D eigenvalue weighted by Gasteiger charge is 2.09. The number of hydrogen-bond acceptors (Lipinski definition) is 6. The van der Waals surface area contributed by atoms with Crippen LogP contribution in [0.3, 0.4) is 0 Å². The topological polar surface area (TPSA) is 111 Å². The summed E-state index contributed by atoms with van der Waals surface area (Å²) in [6.07, 6.45) is 0.677. The third kappa shape index (κ3) is 2.90. The quantitative estimate of drug-likeness (QED) is 0.891. The highest BCUT2D eigenvalue weighted by Crippen LogP contribution is 2.23. The van der Waals surface area contributed by atoms with E-state index in [1.807, 2.05) is 26.0 Å². The van der Waals surface area contributed by atoms with Crippen molar-refractivity contribution in [3.63, 3.8) is 0 Å². The summed E-state index contributed by atoms with van der Waals surface area (Å²) in [7, 11) is 0. The lowest BCUT2D eigenvalue weighted by Crippen LogP contribution is -2.06. The Hall–Kier alpha value is -3.12. The Morgan fingerprint density at radius 1 is 1.19 bits per heavy atom. The SMILES string of the molecule is CCc1nc(N)c(C)c(Nc2ccc(C#N)c(C#N)c2)n1. The second-order valence-electron chi connectivity index (χ2n) is 4.46. The standard InChI is InChI=1S/C15H14N6/c1-3-13-20-14(18)9(2)15(21-13)19-12-5-4-10(7-16)11(6-12)8-17/h4-6H,3H2,1-2H3,(H3,18,19,20,21). The monoisotopic (exact) mass is 278 g/mol. The van der Waals surface area contributed by atoms with Crippen molar-refractivity contribution >= 4 is 17.3 Å². The average Bonchev–Trinajstić information content (AvgIpc) is 2.51. The first kappa shape index (κ1) is 14.3. The van der Waals surface area contributed by atoms with Crippen LogP contribution in [0.4, 0.5) is 17.3 Å². The zero-order valence-corrected chi connectivity index (χ0v) is 11.8. The van der Waals surface area contributed by atoms with Crippen LogP contribution in [-0.2, 0) is 6.42 Å². The second kappa shape index (κ2) is 5.89. The molecule has 0 amide bonds. The van der Waals surface area contributed by atoms with Crippen LogP contribution in [0.1, 0.15) is 29.4 Å². The van der Waals surface area contributed by atoms with Gasteiger partial charge in [0, 0.05) is 17.7 Å². The van der Waals surface area contributed by atoms with Crippen LogP contribution in [-0.4, -0.2) is 9.97 Å². The number of hydrogen-bond donors (Lipinski definition) is 2. The second-order valence-corrected chi connectivity index (χ2v) is 4.46. The molecule has 0 fully saturated rings. The van der Waals surface area contributed by atoms with Crippen LogP contribution in [0.25, 0.3) is 0 Å². The van der Waals surface area contributed by atoms with Gasteiger partial charge in [-0.1, -0.05) is 6.92 Å². The van der Waals surface area contributed by atoms with E-state index in [2.05, 4.69) is 15.3 Å². The van der Waals surface area contributed by atoms with E-state index in [9.17, 15) is 0 Å². The van der Waals surface area contributed by atoms with Gasteiger partial charge in [-0.15, -0.1) is 0 Å². The maximum Gasteiger partial charge on any atom is 0.139 e. The van der Waals surface area contributed by atoms with Crippen molar-refractivity contribution < 1.29 is 0 Å². The maximum atomic E-state index is 9.05. The van der Waals surface area contributed by atoms with Gasteiger partial charge in [0.1, 0.15) is 29.6 Å². The summed E-state index contributed by atoms with van der Waals surface area (Å²) in [6.45, 7) is 3.77. The summed E-state index contributed by atoms with van der Waals surface area (Å²) in [5.74, 6) is 1.68. The highest BCUT2D eigenvalue weighted by atomic mass is 15.1. The minimum atomic E-state index is 0.317. The fourth-order valence-corrected chi connectivity index (χ4v) is 1.81. The molecule has 0 aliphatic carbocycles. The Bertz CT molecular complexity index is 767. The molecule has 6 heteroatoms. The summed E-state index contributed by atoms with van der Waals surface area (Å²) in [5.41, 5.74) is 7.95. The number of anilines is 3. The number of aryl methyl sites for hydroxylation is 1. The summed E-state index contributed by atoms with van der Waals surface area (Å²) in [5, 5.41) is 21.1. The minimum absolute atomic E-state index is 0.317. The molecule has 1 aromatic carbocycles. The highest BCUT2D eigenvalue weighted by molar-refractivity contribution is 5.66. The minimum Gasteiger partial charge on any atom is -0.383 e. The van der Waals surface area contributed by atoms with Gasteiger partial charge in [0.2, 0.25) is 0 Å². The van der Waals surface area contributed by atoms with Gasteiger partial charge in [-0.25, -0.2) is 9.97 Å². The Kier molecular flexibility index (Phi) is 4.01. The van der Waals surface area contributed by atoms with Crippen molar-refractivity contribution in [3.8, 4) is 12.1 Å². The van der Waals surface area contributed by atoms with Crippen molar-refractivity contribution in [2.75, 3.05) is 11.1 Å². The van der Waals surface area contributed by atoms with E-state index in [4.69, 9.17) is 16.3 Å². The van der Waals surface area contributed by atoms with Crippen molar-refractivity contribution in [3.05, 3.63) is 40.7 Å². The molecule has 2 rings (SSSR count). The van der Waals surface area contributed by atoms with Crippen molar-refractivity contribution in [1.29, 1.82) is 10.5 Å². The van der Waals surface area contributed by atoms with Crippen molar-refractivity contribution in [1.82, 2.24) is 9.97 Å². The van der Waals surface area contributed by atoms with E-state index in [1.165, 1.54) is 0 Å². The first-order chi connectivity index (χ1) is 10.1. The lowest BCUT2D eigenvalue weighted by molar-refractivity contribution is 0.940. The van der Waals surface area contributed by atoms with E-state index < -0.39 is 0 Å². The maximum absolute atomic E-state index is 9.05. The molecule has 104 valence electrons. The van der Waals surface area contributed by atoms with Gasteiger partial charge in [0.25, 0.3) is 0 Å². The molecule has 6 nitrogen and oxygen atoms in total. The predicted molar refractivity (Wildman–Crippen MR) is 79.7 cm³/mol. The zero-order chi connectivity index (χ0) is 15.4. The fourth-order valence-electron chi connectivity index (χ4n) is 1.81. The van der Waals surface area contributed by atoms with Gasteiger partial charge in [-0.3, -0.25) is 0 Å². The summed E-state index contributed by atoms with van der Waals surface area (Å²) < 4.78 is 0. The average molecular weight is 278 g/mol. The van der Waals surface area contributed by atoms with E-state index >= 15 is 0 Å². The Balaban J connectivity index is 2.42. The van der Waals surface area contributed by atoms with Crippen LogP contribution in [0, 0.1) is 29.6 Å². The fraction of sp³-hybridized carbons (Fsp3) is 0.200. The van der Waals surface area contributed by atoms with E-state index in [1.54, 1.807) is 18.2 Å².